The van der Waals surface area contributed by atoms with E-state index in [0.29, 0.717) is 30.6 Å². The van der Waals surface area contributed by atoms with Crippen molar-refractivity contribution >= 4 is 17.9 Å². The third-order valence-electron chi connectivity index (χ3n) is 9.41. The van der Waals surface area contributed by atoms with Crippen LogP contribution in [-0.4, -0.2) is 42.5 Å². The molecule has 202 valence electrons. The molecule has 0 N–H and O–H groups in total. The second-order valence-electron chi connectivity index (χ2n) is 11.9. The standard InChI is InChI=1S/C30H40O7/c1-9-17(3)26(32)35-22-15-29(8)21-14-30(19(5)13-24(31)37-30)34-16-20(21)11-12-23(29)28(6,7)25(22)36-27(33)18(4)10-2/h9-11,13,21-23,25H,12,14-16H2,1-8H3. The number of allylic oxidation sites excluding steroid dienone is 3. The summed E-state index contributed by atoms with van der Waals surface area (Å²) in [4.78, 5) is 38.0. The lowest BCUT2D eigenvalue weighted by atomic mass is 9.46. The Morgan fingerprint density at radius 3 is 2.22 bits per heavy atom. The van der Waals surface area contributed by atoms with E-state index in [-0.39, 0.29) is 23.2 Å². The molecule has 6 unspecified atom stereocenters. The normalized spacial score (nSPS) is 37.1. The molecule has 2 heterocycles. The summed E-state index contributed by atoms with van der Waals surface area (Å²) >= 11 is 0. The van der Waals surface area contributed by atoms with Crippen molar-refractivity contribution < 1.29 is 33.3 Å². The van der Waals surface area contributed by atoms with Gasteiger partial charge in [-0.2, -0.15) is 0 Å². The summed E-state index contributed by atoms with van der Waals surface area (Å²) in [7, 11) is 0. The monoisotopic (exact) mass is 512 g/mol. The maximum Gasteiger partial charge on any atom is 0.333 e. The third kappa shape index (κ3) is 4.49. The highest BCUT2D eigenvalue weighted by Gasteiger charge is 2.64. The van der Waals surface area contributed by atoms with E-state index in [1.54, 1.807) is 39.8 Å². The zero-order valence-electron chi connectivity index (χ0n) is 23.3. The zero-order valence-corrected chi connectivity index (χ0v) is 23.3. The molecule has 0 bridgehead atoms. The first-order valence-corrected chi connectivity index (χ1v) is 13.2. The van der Waals surface area contributed by atoms with Gasteiger partial charge in [0, 0.05) is 34.6 Å². The molecule has 0 aromatic heterocycles. The van der Waals surface area contributed by atoms with Crippen LogP contribution in [0.4, 0.5) is 0 Å². The fraction of sp³-hybridized carbons (Fsp3) is 0.633. The number of rotatable bonds is 4. The summed E-state index contributed by atoms with van der Waals surface area (Å²) in [6, 6.07) is 0. The van der Waals surface area contributed by atoms with Crippen molar-refractivity contribution in [3.05, 3.63) is 46.6 Å². The highest BCUT2D eigenvalue weighted by molar-refractivity contribution is 5.89. The van der Waals surface area contributed by atoms with Gasteiger partial charge < -0.3 is 18.9 Å². The van der Waals surface area contributed by atoms with Crippen molar-refractivity contribution in [2.45, 2.75) is 92.6 Å². The van der Waals surface area contributed by atoms with Gasteiger partial charge in [0.25, 0.3) is 0 Å². The summed E-state index contributed by atoms with van der Waals surface area (Å²) in [5, 5.41) is 0. The minimum Gasteiger partial charge on any atom is -0.455 e. The van der Waals surface area contributed by atoms with Gasteiger partial charge in [0.2, 0.25) is 5.79 Å². The summed E-state index contributed by atoms with van der Waals surface area (Å²) in [6.45, 7) is 15.7. The van der Waals surface area contributed by atoms with Gasteiger partial charge in [-0.1, -0.05) is 39.0 Å². The number of hydrogen-bond acceptors (Lipinski definition) is 7. The van der Waals surface area contributed by atoms with Crippen LogP contribution < -0.4 is 0 Å². The van der Waals surface area contributed by atoms with Gasteiger partial charge in [-0.3, -0.25) is 0 Å². The van der Waals surface area contributed by atoms with E-state index in [9.17, 15) is 14.4 Å². The molecule has 2 fully saturated rings. The maximum atomic E-state index is 13.0. The van der Waals surface area contributed by atoms with Crippen molar-refractivity contribution in [1.29, 1.82) is 0 Å². The van der Waals surface area contributed by atoms with Crippen LogP contribution in [0.3, 0.4) is 0 Å². The van der Waals surface area contributed by atoms with Crippen LogP contribution >= 0.6 is 0 Å². The van der Waals surface area contributed by atoms with Crippen molar-refractivity contribution in [3.8, 4) is 0 Å². The summed E-state index contributed by atoms with van der Waals surface area (Å²) in [5.41, 5.74) is 2.17. The molecule has 4 aliphatic rings. The minimum absolute atomic E-state index is 0.0477. The molecule has 2 aliphatic carbocycles. The molecule has 4 rings (SSSR count). The molecule has 1 saturated carbocycles. The van der Waals surface area contributed by atoms with Crippen molar-refractivity contribution in [2.75, 3.05) is 6.61 Å². The molecular formula is C30H40O7. The quantitative estimate of drug-likeness (QED) is 0.217. The Labute approximate surface area is 219 Å². The summed E-state index contributed by atoms with van der Waals surface area (Å²) in [5.74, 6) is -2.07. The SMILES string of the molecule is CC=C(C)C(=O)OC1CC2(C)C3CC4(OCC3=CCC2C(C)(C)C1OC(=O)C(C)=CC)OC(=O)C=C4C. The summed E-state index contributed by atoms with van der Waals surface area (Å²) in [6.07, 6.45) is 7.77. The van der Waals surface area contributed by atoms with Gasteiger partial charge in [0.05, 0.1) is 6.61 Å². The molecule has 1 spiro atoms. The molecule has 2 aliphatic heterocycles. The Morgan fingerprint density at radius 1 is 1.03 bits per heavy atom. The van der Waals surface area contributed by atoms with Gasteiger partial charge in [-0.15, -0.1) is 0 Å². The molecule has 6 atom stereocenters. The van der Waals surface area contributed by atoms with Crippen LogP contribution in [0.5, 0.6) is 0 Å². The fourth-order valence-electron chi connectivity index (χ4n) is 6.97. The second-order valence-corrected chi connectivity index (χ2v) is 11.9. The van der Waals surface area contributed by atoms with Crippen molar-refractivity contribution in [1.82, 2.24) is 0 Å². The number of ether oxygens (including phenoxy) is 4. The van der Waals surface area contributed by atoms with E-state index in [1.165, 1.54) is 11.6 Å². The topological polar surface area (TPSA) is 88.1 Å². The highest BCUT2D eigenvalue weighted by atomic mass is 16.7. The molecule has 7 nitrogen and oxygen atoms in total. The van der Waals surface area contributed by atoms with E-state index in [1.807, 2.05) is 6.92 Å². The molecule has 37 heavy (non-hydrogen) atoms. The van der Waals surface area contributed by atoms with Gasteiger partial charge in [0.1, 0.15) is 12.2 Å². The number of fused-ring (bicyclic) bond motifs is 3. The Morgan fingerprint density at radius 2 is 1.65 bits per heavy atom. The number of carbonyl (C=O) groups excluding carboxylic acids is 3. The second kappa shape index (κ2) is 9.57. The molecule has 0 radical (unpaired) electrons. The van der Waals surface area contributed by atoms with E-state index in [2.05, 4.69) is 26.8 Å². The first-order chi connectivity index (χ1) is 17.3. The summed E-state index contributed by atoms with van der Waals surface area (Å²) < 4.78 is 24.1. The van der Waals surface area contributed by atoms with E-state index in [4.69, 9.17) is 18.9 Å². The minimum atomic E-state index is -1.06. The molecule has 0 aromatic rings. The highest BCUT2D eigenvalue weighted by Crippen LogP contribution is 2.64. The lowest BCUT2D eigenvalue weighted by molar-refractivity contribution is -0.241. The molecule has 1 saturated heterocycles. The van der Waals surface area contributed by atoms with Gasteiger partial charge >= 0.3 is 17.9 Å². The fourth-order valence-corrected chi connectivity index (χ4v) is 6.97. The third-order valence-corrected chi connectivity index (χ3v) is 9.41. The van der Waals surface area contributed by atoms with Crippen LogP contribution in [0.25, 0.3) is 0 Å². The molecular weight excluding hydrogens is 472 g/mol. The number of hydrogen-bond donors (Lipinski definition) is 0. The lowest BCUT2D eigenvalue weighted by Gasteiger charge is -2.62. The van der Waals surface area contributed by atoms with Crippen LogP contribution in [0, 0.1) is 22.7 Å². The molecule has 0 amide bonds. The Hall–Kier alpha value is -2.67. The van der Waals surface area contributed by atoms with E-state index >= 15 is 0 Å². The van der Waals surface area contributed by atoms with Crippen LogP contribution in [0.1, 0.15) is 74.7 Å². The largest absolute Gasteiger partial charge is 0.455 e. The Balaban J connectivity index is 1.74. The van der Waals surface area contributed by atoms with Gasteiger partial charge in [-0.05, 0) is 70.3 Å². The van der Waals surface area contributed by atoms with Crippen LogP contribution in [-0.2, 0) is 33.3 Å². The Kier molecular flexibility index (Phi) is 7.08. The maximum absolute atomic E-state index is 13.0. The zero-order chi connectivity index (χ0) is 27.3. The molecule has 0 aromatic carbocycles. The first-order valence-electron chi connectivity index (χ1n) is 13.2. The van der Waals surface area contributed by atoms with Crippen molar-refractivity contribution in [2.24, 2.45) is 22.7 Å². The molecule has 7 heteroatoms. The number of carbonyl (C=O) groups is 3. The predicted molar refractivity (Wildman–Crippen MR) is 138 cm³/mol. The van der Waals surface area contributed by atoms with Crippen LogP contribution in [0.2, 0.25) is 0 Å². The lowest BCUT2D eigenvalue weighted by Crippen LogP contribution is -2.63. The van der Waals surface area contributed by atoms with Crippen molar-refractivity contribution in [3.63, 3.8) is 0 Å². The smallest absolute Gasteiger partial charge is 0.333 e. The average molecular weight is 513 g/mol. The van der Waals surface area contributed by atoms with Gasteiger partial charge in [0.15, 0.2) is 0 Å². The Bertz CT molecular complexity index is 1120. The number of esters is 3. The van der Waals surface area contributed by atoms with Crippen LogP contribution in [0.15, 0.2) is 46.6 Å². The first kappa shape index (κ1) is 27.4. The average Bonchev–Trinajstić information content (AvgIpc) is 3.12. The predicted octanol–water partition coefficient (Wildman–Crippen LogP) is 5.36. The van der Waals surface area contributed by atoms with E-state index < -0.39 is 35.3 Å². The van der Waals surface area contributed by atoms with E-state index in [0.717, 1.165) is 12.0 Å². The van der Waals surface area contributed by atoms with Gasteiger partial charge in [-0.25, -0.2) is 14.4 Å².